The van der Waals surface area contributed by atoms with E-state index < -0.39 is 261 Å². The van der Waals surface area contributed by atoms with Gasteiger partial charge >= 0.3 is 17.1 Å². The lowest BCUT2D eigenvalue weighted by Crippen LogP contribution is -2.43. The number of rotatable bonds is 47. The second kappa shape index (κ2) is 45.3. The standard InChI is InChI=1S/C72H101N22O38P5S4/c1-31-19-89(70(100)82-55(31)73)65-54(116-16-12-112-8)50(132-136(107,140)119-23-38-47(95)51(113-13-9-109-5)64(124-38)90-20-32(2)60(96)87-71(90)101)41(126-65)26-121-137(108,141)131-49-39(125-66(53(49)115-15-11-111-7)91-21-33(3)61(97)88-72(91)102)24-117-133(103,104)130-48-40(127-67(52(48)114-14-10-110-6)94-30-81-46-59(94)84-69(76)86-63(46)99)25-120-135(106,139)129-36-18-43(93-29-80-45-58(93)83-68(75)85-62(45)98)123-37(36)22-118-134(105,138)128-35-17-42(122-34(35)4)92-28-79-44-56(74)77-27-78-57(44)92/h19-21,27-30,34-43,47-54,64-67,95H,9-18,22-26H2,1-8H3,(H,103,104)(H,105,138)(H,106,139)(H,107,140)(H,108,141)(H2,73,82,100)(H2,74,77,78)(H,87,96,101)(H,88,97,102)(H3,75,83,85,98)(H3,76,84,86,99)/p-5/t34-,35-,36-,37-,38-,39-,40-,41-,42-,43-,47+,48+,49+,50+,51?,52?,53?,54?,64-,65-,66-,67-,134?,135?,136?,137?/m1/s1. The summed E-state index contributed by atoms with van der Waals surface area (Å²) in [6, 6.07) is 0. The average molecular weight is 2160 g/mol. The number of aromatic amines is 4. The number of aliphatic hydroxyl groups is 1. The molecule has 69 heteroatoms. The van der Waals surface area contributed by atoms with E-state index in [-0.39, 0.29) is 115 Å². The molecule has 0 amide bonds. The van der Waals surface area contributed by atoms with Gasteiger partial charge in [-0.1, -0.05) is 35.4 Å². The molecule has 15 heterocycles. The van der Waals surface area contributed by atoms with Crippen LogP contribution in [0.25, 0.3) is 33.5 Å². The molecule has 9 unspecified atom stereocenters. The van der Waals surface area contributed by atoms with E-state index >= 15 is 18.9 Å². The Morgan fingerprint density at radius 1 is 0.433 bits per heavy atom. The van der Waals surface area contributed by atoms with E-state index in [1.54, 1.807) is 11.5 Å². The van der Waals surface area contributed by atoms with Crippen LogP contribution in [0.4, 0.5) is 23.5 Å². The van der Waals surface area contributed by atoms with Crippen molar-refractivity contribution in [1.29, 1.82) is 0 Å². The molecule has 776 valence electrons. The number of nitrogens with two attached hydrogens (primary N) is 4. The van der Waals surface area contributed by atoms with Gasteiger partial charge in [-0.25, -0.2) is 39.3 Å². The number of fused-ring (bicyclic) bond motifs is 3. The Labute approximate surface area is 814 Å². The number of hydrogen-bond donors (Lipinski definition) is 9. The molecule has 9 aromatic rings. The summed E-state index contributed by atoms with van der Waals surface area (Å²) in [6.07, 6.45) is -27.2. The van der Waals surface area contributed by atoms with Gasteiger partial charge in [-0.2, -0.15) is 15.0 Å². The third-order valence-electron chi connectivity index (χ3n) is 22.8. The van der Waals surface area contributed by atoms with Gasteiger partial charge in [0.25, 0.3) is 30.1 Å². The zero-order chi connectivity index (χ0) is 101. The van der Waals surface area contributed by atoms with Crippen molar-refractivity contribution in [3.05, 3.63) is 133 Å². The maximum absolute atomic E-state index is 15.5. The number of hydrogen-bond acceptors (Lipinski definition) is 54. The van der Waals surface area contributed by atoms with E-state index in [2.05, 4.69) is 59.8 Å². The number of phosphoric ester groups is 1. The van der Waals surface area contributed by atoms with Crippen molar-refractivity contribution in [3.8, 4) is 0 Å². The van der Waals surface area contributed by atoms with Crippen LogP contribution < -0.4 is 81.8 Å². The molecule has 9 aromatic heterocycles. The molecule has 0 spiro atoms. The molecule has 141 heavy (non-hydrogen) atoms. The molecule has 6 fully saturated rings. The fraction of sp³-hybridized carbons (Fsp3) is 0.625. The van der Waals surface area contributed by atoms with E-state index in [0.717, 1.165) is 37.0 Å². The first-order valence-electron chi connectivity index (χ1n) is 42.6. The average Bonchev–Trinajstić information content (AvgIpc) is 1.61. The molecule has 6 aliphatic heterocycles. The molecular weight excluding hydrogens is 2060 g/mol. The topological polar surface area (TPSA) is 788 Å². The highest BCUT2D eigenvalue weighted by Crippen LogP contribution is 2.56. The second-order valence-electron chi connectivity index (χ2n) is 32.3. The number of nitrogens with zero attached hydrogens (tertiary/aromatic N) is 14. The summed E-state index contributed by atoms with van der Waals surface area (Å²) in [5.74, 6) is -0.865. The van der Waals surface area contributed by atoms with E-state index in [9.17, 15) is 48.5 Å². The van der Waals surface area contributed by atoms with Gasteiger partial charge in [0, 0.05) is 76.6 Å². The number of anilines is 4. The Bertz CT molecular complexity index is 6700. The van der Waals surface area contributed by atoms with Crippen LogP contribution >= 0.6 is 34.8 Å². The van der Waals surface area contributed by atoms with Crippen LogP contribution in [-0.2, 0) is 168 Å². The third-order valence-corrected chi connectivity index (χ3v) is 30.0. The van der Waals surface area contributed by atoms with Crippen LogP contribution in [0.15, 0.2) is 77.5 Å². The fourth-order valence-electron chi connectivity index (χ4n) is 16.1. The van der Waals surface area contributed by atoms with E-state index in [1.807, 2.05) is 0 Å². The minimum atomic E-state index is -6.17. The predicted molar refractivity (Wildman–Crippen MR) is 485 cm³/mol. The zero-order valence-electron chi connectivity index (χ0n) is 75.3. The van der Waals surface area contributed by atoms with Crippen LogP contribution in [0.1, 0.15) is 73.8 Å². The van der Waals surface area contributed by atoms with Gasteiger partial charge in [-0.05, 0) is 27.7 Å². The van der Waals surface area contributed by atoms with Crippen molar-refractivity contribution >= 4 is 139 Å². The van der Waals surface area contributed by atoms with E-state index in [4.69, 9.17) is 182 Å². The summed E-state index contributed by atoms with van der Waals surface area (Å²) in [7, 11) is -0.890. The smallest absolute Gasteiger partial charge is 0.351 e. The lowest BCUT2D eigenvalue weighted by Gasteiger charge is -2.37. The monoisotopic (exact) mass is 2160 g/mol. The highest BCUT2D eigenvalue weighted by Gasteiger charge is 2.56. The number of nitrogens with one attached hydrogen (secondary N) is 4. The normalized spacial score (nSPS) is 29.2. The Kier molecular flexibility index (Phi) is 34.6. The van der Waals surface area contributed by atoms with Crippen LogP contribution in [0.5, 0.6) is 0 Å². The van der Waals surface area contributed by atoms with Crippen LogP contribution in [0, 0.1) is 20.8 Å². The van der Waals surface area contributed by atoms with Crippen LogP contribution in [-0.4, -0.2) is 304 Å². The second-order valence-corrected chi connectivity index (χ2v) is 44.4. The fourth-order valence-corrected chi connectivity index (χ4v) is 22.8. The summed E-state index contributed by atoms with van der Waals surface area (Å²) >= 11 is 22.2. The quantitative estimate of drug-likeness (QED) is 0.00982. The summed E-state index contributed by atoms with van der Waals surface area (Å²) in [4.78, 5) is 195. The van der Waals surface area contributed by atoms with Gasteiger partial charge in [-0.3, -0.25) is 75.6 Å². The molecule has 6 aliphatic rings. The van der Waals surface area contributed by atoms with Crippen molar-refractivity contribution in [3.63, 3.8) is 0 Å². The number of aryl methyl sites for hydroxylation is 3. The van der Waals surface area contributed by atoms with Gasteiger partial charge in [-0.15, -0.1) is 0 Å². The highest BCUT2D eigenvalue weighted by molar-refractivity contribution is 8.32. The molecule has 27 atom stereocenters. The molecule has 60 nitrogen and oxygen atoms in total. The molecule has 13 N–H and O–H groups in total. The number of phosphoric acid groups is 1. The molecule has 0 aromatic carbocycles. The van der Waals surface area contributed by atoms with Crippen molar-refractivity contribution in [1.82, 2.24) is 87.2 Å². The number of aliphatic hydroxyl groups excluding tert-OH is 1. The Hall–Kier alpha value is -7.71. The lowest BCUT2D eigenvalue weighted by molar-refractivity contribution is -0.238. The van der Waals surface area contributed by atoms with Gasteiger partial charge in [0.05, 0.1) is 123 Å². The molecular formula is C72H96N22O38P5S4-5. The maximum atomic E-state index is 15.5. The van der Waals surface area contributed by atoms with Gasteiger partial charge < -0.3 is 171 Å². The molecule has 0 saturated carbocycles. The number of methoxy groups -OCH3 is 4. The van der Waals surface area contributed by atoms with Crippen molar-refractivity contribution in [2.75, 3.05) is 137 Å². The number of imidazole rings is 3. The Morgan fingerprint density at radius 3 is 1.38 bits per heavy atom. The summed E-state index contributed by atoms with van der Waals surface area (Å²) < 4.78 is 180. The molecule has 6 saturated heterocycles. The van der Waals surface area contributed by atoms with Crippen molar-refractivity contribution < 1.29 is 145 Å². The summed E-state index contributed by atoms with van der Waals surface area (Å²) in [6.45, 7) is -21.5. The van der Waals surface area contributed by atoms with Gasteiger partial charge in [0.2, 0.25) is 11.9 Å². The molecule has 15 rings (SSSR count). The third kappa shape index (κ3) is 24.9. The number of H-pyrrole nitrogens is 4. The van der Waals surface area contributed by atoms with Gasteiger partial charge in [0.15, 0.2) is 65.5 Å². The van der Waals surface area contributed by atoms with E-state index in [0.29, 0.717) is 5.65 Å². The number of nitrogen functional groups attached to an aromatic ring is 4. The minimum absolute atomic E-state index is 0.000788. The van der Waals surface area contributed by atoms with Crippen LogP contribution in [0.3, 0.4) is 0 Å². The lowest BCUT2D eigenvalue weighted by atomic mass is 10.1. The number of aromatic nitrogens is 18. The molecule has 0 bridgehead atoms. The summed E-state index contributed by atoms with van der Waals surface area (Å²) in [5.41, 5.74) is 17.7. The predicted octanol–water partition coefficient (Wildman–Crippen LogP) is -4.74. The zero-order valence-corrected chi connectivity index (χ0v) is 83.1. The SMILES string of the molecule is COCCOC1[C@@H](O)[C@@H](COP([O-])(=S)O[C@@H]2C(OCCOC)[C@H](n3cc(C)c(N)nc3=O)O[C@@H]2COP([O-])(=S)O[C@@H]2C(OCCOC)[C@H](n3cc(C)c(=O)[nH]c3=O)O[C@@H]2COP(=O)([O-])O[C@@H]2C(OCCOC)[C@H](n3cnc4c(=O)[nH]c(N)nc43)O[C@@H]2COP(=O)([S-])O[C@@H]2C[C@H](n3cnc4c(=O)[nH]c(N)nc43)O[C@@H]2COP([O-])(=S)O[C@@H]2C[C@H](n3cnc4c(N)ncnc43)O[C@@H]2C)O[C@H]1n1cc(C)c(=O)[nH]c1=O. The molecule has 0 aliphatic carbocycles. The Balaban J connectivity index is 0.707. The Morgan fingerprint density at radius 2 is 0.844 bits per heavy atom. The number of ether oxygens (including phenoxy) is 14. The van der Waals surface area contributed by atoms with E-state index in [1.165, 1.54) is 79.0 Å². The first-order valence-corrected chi connectivity index (χ1v) is 54.2. The van der Waals surface area contributed by atoms with Crippen molar-refractivity contribution in [2.24, 2.45) is 0 Å². The largest absolute Gasteiger partial charge is 0.780 e. The summed E-state index contributed by atoms with van der Waals surface area (Å²) in [5, 5.41) is 11.7. The maximum Gasteiger partial charge on any atom is 0.351 e. The van der Waals surface area contributed by atoms with Crippen molar-refractivity contribution in [2.45, 2.75) is 176 Å². The highest BCUT2D eigenvalue weighted by atomic mass is 32.7. The molecule has 0 radical (unpaired) electrons. The first kappa shape index (κ1) is 108. The van der Waals surface area contributed by atoms with Gasteiger partial charge in [0.1, 0.15) is 130 Å². The first-order chi connectivity index (χ1) is 66.9. The van der Waals surface area contributed by atoms with Crippen LogP contribution in [0.2, 0.25) is 0 Å². The minimum Gasteiger partial charge on any atom is -0.780 e.